The van der Waals surface area contributed by atoms with Gasteiger partial charge in [0, 0.05) is 84.2 Å². The standard InChI is InChI=1S/C37H34N4O9S.Ac/c1-15-9-17-10-20-21(11-38)40-22-12-48-37(46)23(41-35(44)18-7-5-6-8-19(18)36(41)45)13-51-34(26-25(22)33-32(49-14-50-33)16(2)29(26)42)28(40)27(39(20)3)24(17)30(43)31(15)47-4;/h5-9,20-23,27-28,34,42-43H,10,12-14H2,1-4H3;/t20-,21-,22-,23-,27+,28?,34+;/m0./s1. The first kappa shape index (κ1) is 35.5. The van der Waals surface area contributed by atoms with Crippen molar-refractivity contribution in [3.63, 3.8) is 0 Å². The van der Waals surface area contributed by atoms with Crippen molar-refractivity contribution >= 4 is 29.5 Å². The molecule has 7 aliphatic rings. The van der Waals surface area contributed by atoms with Crippen molar-refractivity contribution in [2.45, 2.75) is 61.8 Å². The first-order chi connectivity index (χ1) is 24.6. The Balaban J connectivity index is 0.00000387. The summed E-state index contributed by atoms with van der Waals surface area (Å²) in [6, 6.07) is 6.85. The third-order valence-corrected chi connectivity index (χ3v) is 12.9. The normalized spacial score (nSPS) is 28.6. The zero-order valence-electron chi connectivity index (χ0n) is 28.8. The van der Waals surface area contributed by atoms with Crippen LogP contribution in [0.25, 0.3) is 0 Å². The summed E-state index contributed by atoms with van der Waals surface area (Å²) >= 11 is 1.29. The van der Waals surface area contributed by atoms with E-state index in [0.29, 0.717) is 45.9 Å². The van der Waals surface area contributed by atoms with Gasteiger partial charge in [0.1, 0.15) is 24.4 Å². The number of piperazine rings is 1. The number of carbonyl (C=O) groups is 3. The molecule has 2 N–H and O–H groups in total. The number of ether oxygens (including phenoxy) is 4. The van der Waals surface area contributed by atoms with E-state index in [1.807, 2.05) is 20.0 Å². The fourth-order valence-corrected chi connectivity index (χ4v) is 10.9. The minimum absolute atomic E-state index is 0. The van der Waals surface area contributed by atoms with Crippen molar-refractivity contribution < 1.29 is 87.6 Å². The average Bonchev–Trinajstić information content (AvgIpc) is 3.70. The number of carbonyl (C=O) groups excluding carboxylic acids is 3. The minimum Gasteiger partial charge on any atom is -0.507 e. The van der Waals surface area contributed by atoms with E-state index in [-0.39, 0.29) is 91.9 Å². The number of esters is 1. The van der Waals surface area contributed by atoms with Crippen molar-refractivity contribution in [2.75, 3.05) is 33.3 Å². The second kappa shape index (κ2) is 12.8. The molecular weight excluding hydrogens is 903 g/mol. The third kappa shape index (κ3) is 4.67. The molecule has 52 heavy (non-hydrogen) atoms. The Labute approximate surface area is 339 Å². The van der Waals surface area contributed by atoms with E-state index in [4.69, 9.17) is 18.9 Å². The van der Waals surface area contributed by atoms with Crippen LogP contribution >= 0.6 is 11.8 Å². The summed E-state index contributed by atoms with van der Waals surface area (Å²) in [5.41, 5.74) is 4.36. The van der Waals surface area contributed by atoms with Gasteiger partial charge in [0.25, 0.3) is 11.8 Å². The molecule has 0 spiro atoms. The number of nitriles is 1. The number of aryl methyl sites for hydroxylation is 1. The quantitative estimate of drug-likeness (QED) is 0.283. The van der Waals surface area contributed by atoms with Gasteiger partial charge in [0.2, 0.25) is 6.79 Å². The number of likely N-dealkylation sites (N-methyl/N-ethyl adjacent to an activating group) is 1. The zero-order valence-corrected chi connectivity index (χ0v) is 34.3. The fourth-order valence-electron chi connectivity index (χ4n) is 9.37. The first-order valence-corrected chi connectivity index (χ1v) is 17.8. The second-order valence-electron chi connectivity index (χ2n) is 13.8. The van der Waals surface area contributed by atoms with E-state index in [9.17, 15) is 29.9 Å². The molecule has 1 radical (unpaired) electrons. The summed E-state index contributed by atoms with van der Waals surface area (Å²) in [6.07, 6.45) is 0.470. The molecule has 4 bridgehead atoms. The maximum Gasteiger partial charge on any atom is 0.330 e. The van der Waals surface area contributed by atoms with Gasteiger partial charge in [-0.1, -0.05) is 18.2 Å². The number of imide groups is 1. The summed E-state index contributed by atoms with van der Waals surface area (Å²) in [4.78, 5) is 46.6. The van der Waals surface area contributed by atoms with Crippen LogP contribution in [0, 0.1) is 69.2 Å². The number of nitrogens with zero attached hydrogens (tertiary/aromatic N) is 4. The molecule has 7 aliphatic heterocycles. The van der Waals surface area contributed by atoms with Crippen LogP contribution in [0.4, 0.5) is 0 Å². The van der Waals surface area contributed by atoms with E-state index in [0.717, 1.165) is 16.0 Å². The van der Waals surface area contributed by atoms with Gasteiger partial charge >= 0.3 is 5.97 Å². The summed E-state index contributed by atoms with van der Waals surface area (Å²) in [7, 11) is 3.45. The Morgan fingerprint density at radius 1 is 0.962 bits per heavy atom. The molecule has 0 saturated carbocycles. The van der Waals surface area contributed by atoms with Crippen LogP contribution < -0.4 is 14.2 Å². The number of benzene rings is 3. The Hall–Kier alpha value is -3.53. The number of hydrogen-bond donors (Lipinski definition) is 2. The van der Waals surface area contributed by atoms with Crippen LogP contribution in [0.15, 0.2) is 30.3 Å². The van der Waals surface area contributed by atoms with E-state index in [1.54, 1.807) is 31.2 Å². The van der Waals surface area contributed by atoms with E-state index < -0.39 is 53.2 Å². The number of methoxy groups -OCH3 is 1. The summed E-state index contributed by atoms with van der Waals surface area (Å²) in [6.45, 7) is 3.28. The largest absolute Gasteiger partial charge is 0.507 e. The molecule has 7 atom stereocenters. The third-order valence-electron chi connectivity index (χ3n) is 11.6. The molecule has 265 valence electrons. The van der Waals surface area contributed by atoms with Crippen molar-refractivity contribution in [2.24, 2.45) is 0 Å². The summed E-state index contributed by atoms with van der Waals surface area (Å²) in [5, 5.41) is 34.2. The van der Waals surface area contributed by atoms with Gasteiger partial charge in [-0.2, -0.15) is 5.26 Å². The van der Waals surface area contributed by atoms with Crippen molar-refractivity contribution in [3.8, 4) is 34.8 Å². The van der Waals surface area contributed by atoms with Crippen molar-refractivity contribution in [3.05, 3.63) is 74.8 Å². The van der Waals surface area contributed by atoms with Gasteiger partial charge in [-0.25, -0.2) is 4.79 Å². The average molecular weight is 938 g/mol. The van der Waals surface area contributed by atoms with Crippen LogP contribution in [-0.2, 0) is 16.0 Å². The summed E-state index contributed by atoms with van der Waals surface area (Å²) in [5.74, 6) is -0.818. The molecule has 2 amide bonds. The number of fused-ring (bicyclic) bond motifs is 11. The van der Waals surface area contributed by atoms with Gasteiger partial charge in [-0.15, -0.1) is 11.8 Å². The molecule has 0 aliphatic carbocycles. The molecule has 15 heteroatoms. The van der Waals surface area contributed by atoms with Gasteiger partial charge in [-0.05, 0) is 50.6 Å². The number of rotatable bonds is 2. The number of thioether (sulfide) groups is 1. The number of amides is 2. The molecule has 1 unspecified atom stereocenters. The molecule has 13 nitrogen and oxygen atoms in total. The van der Waals surface area contributed by atoms with Gasteiger partial charge < -0.3 is 29.2 Å². The number of hydrogen-bond acceptors (Lipinski definition) is 13. The monoisotopic (exact) mass is 937 g/mol. The topological polar surface area (TPSA) is 162 Å². The predicted octanol–water partition coefficient (Wildman–Crippen LogP) is 3.68. The Morgan fingerprint density at radius 3 is 2.33 bits per heavy atom. The van der Waals surface area contributed by atoms with E-state index >= 15 is 0 Å². The molecule has 3 aromatic rings. The molecule has 2 saturated heterocycles. The van der Waals surface area contributed by atoms with E-state index in [1.165, 1.54) is 18.9 Å². The maximum atomic E-state index is 14.0. The number of phenols is 2. The Kier molecular flexibility index (Phi) is 8.74. The zero-order chi connectivity index (χ0) is 35.6. The maximum absolute atomic E-state index is 14.0. The Morgan fingerprint density at radius 2 is 1.65 bits per heavy atom. The smallest absolute Gasteiger partial charge is 0.330 e. The van der Waals surface area contributed by atoms with Crippen LogP contribution in [0.3, 0.4) is 0 Å². The van der Waals surface area contributed by atoms with Gasteiger partial charge in [-0.3, -0.25) is 24.3 Å². The number of phenolic OH excluding ortho intramolecular Hbond substituents is 2. The Bertz CT molecular complexity index is 2110. The predicted molar refractivity (Wildman–Crippen MR) is 181 cm³/mol. The SMILES string of the molecule is COc1c(C)cc2c(c1O)[C@@H]1C3[C@@H]4SC[C@H](N5C(=O)c6ccccc6C5=O)C(=O)OC[C@@H](c5c6c(c(C)c(O)c54)OCO6)N3[C@@H](C#N)[C@H](C2)N1C.[Ac]. The number of aromatic hydroxyl groups is 2. The fraction of sp³-hybridized carbons (Fsp3) is 0.405. The van der Waals surface area contributed by atoms with E-state index in [2.05, 4.69) is 15.9 Å². The molecule has 3 aromatic carbocycles. The molecule has 2 fully saturated rings. The van der Waals surface area contributed by atoms with Crippen LogP contribution in [0.2, 0.25) is 0 Å². The molecule has 10 rings (SSSR count). The van der Waals surface area contributed by atoms with Crippen LogP contribution in [0.1, 0.15) is 71.4 Å². The van der Waals surface area contributed by atoms with Crippen molar-refractivity contribution in [1.29, 1.82) is 5.26 Å². The molecule has 7 heterocycles. The van der Waals surface area contributed by atoms with Crippen LogP contribution in [0.5, 0.6) is 28.7 Å². The second-order valence-corrected chi connectivity index (χ2v) is 15.0. The minimum atomic E-state index is -1.27. The molecule has 0 aromatic heterocycles. The van der Waals surface area contributed by atoms with Crippen molar-refractivity contribution in [1.82, 2.24) is 14.7 Å². The first-order valence-electron chi connectivity index (χ1n) is 16.8. The van der Waals surface area contributed by atoms with Gasteiger partial charge in [0.05, 0.1) is 41.6 Å². The van der Waals surface area contributed by atoms with Crippen LogP contribution in [-0.4, -0.2) is 100 Å². The molecular formula is C37H34AcN4O9S. The summed E-state index contributed by atoms with van der Waals surface area (Å²) < 4.78 is 23.7. The van der Waals surface area contributed by atoms with Gasteiger partial charge in [0.15, 0.2) is 23.0 Å².